The first-order valence-electron chi connectivity index (χ1n) is 8.58. The summed E-state index contributed by atoms with van der Waals surface area (Å²) < 4.78 is 17.5. The van der Waals surface area contributed by atoms with Crippen molar-refractivity contribution in [2.24, 2.45) is 0 Å². The van der Waals surface area contributed by atoms with Crippen LogP contribution in [0.5, 0.6) is 0 Å². The van der Waals surface area contributed by atoms with E-state index in [2.05, 4.69) is 15.0 Å². The molecule has 2 aliphatic rings. The fraction of sp³-hybridized carbons (Fsp3) is 0.556. The number of ether oxygens (including phenoxy) is 2. The number of hydrogen-bond donors (Lipinski definition) is 0. The third-order valence-electron chi connectivity index (χ3n) is 4.91. The first-order valence-corrected chi connectivity index (χ1v) is 8.58. The molecule has 6 nitrogen and oxygen atoms in total. The lowest BCUT2D eigenvalue weighted by atomic mass is 10.1. The van der Waals surface area contributed by atoms with Gasteiger partial charge >= 0.3 is 0 Å². The van der Waals surface area contributed by atoms with E-state index in [-0.39, 0.29) is 12.2 Å². The van der Waals surface area contributed by atoms with Crippen LogP contribution in [0.3, 0.4) is 0 Å². The molecule has 1 aliphatic heterocycles. The molecule has 1 aliphatic carbocycles. The predicted molar refractivity (Wildman–Crippen MR) is 87.2 cm³/mol. The van der Waals surface area contributed by atoms with Gasteiger partial charge in [-0.3, -0.25) is 9.88 Å². The highest BCUT2D eigenvalue weighted by molar-refractivity contribution is 5.09. The second-order valence-electron chi connectivity index (χ2n) is 6.58. The van der Waals surface area contributed by atoms with Crippen molar-refractivity contribution < 1.29 is 14.0 Å². The molecule has 0 amide bonds. The predicted octanol–water partition coefficient (Wildman–Crippen LogP) is 2.33. The minimum absolute atomic E-state index is 0.105. The van der Waals surface area contributed by atoms with E-state index in [1.165, 1.54) is 0 Å². The zero-order chi connectivity index (χ0) is 16.4. The summed E-state index contributed by atoms with van der Waals surface area (Å²) in [5.41, 5.74) is 2.12. The minimum Gasteiger partial charge on any atom is -0.374 e. The molecule has 128 valence electrons. The van der Waals surface area contributed by atoms with E-state index >= 15 is 0 Å². The smallest absolute Gasteiger partial charge is 0.133 e. The van der Waals surface area contributed by atoms with Crippen LogP contribution in [0.4, 0.5) is 0 Å². The van der Waals surface area contributed by atoms with Gasteiger partial charge in [-0.05, 0) is 37.5 Å². The Hall–Kier alpha value is -1.76. The summed E-state index contributed by atoms with van der Waals surface area (Å²) in [6, 6.07) is 6.37. The van der Waals surface area contributed by atoms with Gasteiger partial charge in [-0.2, -0.15) is 0 Å². The number of aryl methyl sites for hydroxylation is 1. The molecule has 2 bridgehead atoms. The minimum atomic E-state index is 0.105. The molecular weight excluding hydrogens is 306 g/mol. The normalized spacial score (nSPS) is 27.3. The summed E-state index contributed by atoms with van der Waals surface area (Å²) in [4.78, 5) is 6.49. The quantitative estimate of drug-likeness (QED) is 0.839. The van der Waals surface area contributed by atoms with Crippen molar-refractivity contribution in [3.05, 3.63) is 47.6 Å². The van der Waals surface area contributed by atoms with E-state index < -0.39 is 0 Å². The van der Waals surface area contributed by atoms with E-state index in [1.807, 2.05) is 25.1 Å². The van der Waals surface area contributed by atoms with E-state index in [0.717, 1.165) is 49.6 Å². The second kappa shape index (κ2) is 7.01. The summed E-state index contributed by atoms with van der Waals surface area (Å²) >= 11 is 0. The van der Waals surface area contributed by atoms with Crippen molar-refractivity contribution in [2.75, 3.05) is 13.2 Å². The molecular formula is C18H23N3O3. The summed E-state index contributed by atoms with van der Waals surface area (Å²) in [6.07, 6.45) is 6.06. The largest absolute Gasteiger partial charge is 0.374 e. The molecule has 2 fully saturated rings. The van der Waals surface area contributed by atoms with Gasteiger partial charge in [0.05, 0.1) is 31.1 Å². The Morgan fingerprint density at radius 3 is 2.96 bits per heavy atom. The Kier molecular flexibility index (Phi) is 4.60. The molecule has 3 atom stereocenters. The van der Waals surface area contributed by atoms with E-state index in [9.17, 15) is 0 Å². The third kappa shape index (κ3) is 3.36. The van der Waals surface area contributed by atoms with Crippen molar-refractivity contribution in [1.82, 2.24) is 15.0 Å². The van der Waals surface area contributed by atoms with Crippen molar-refractivity contribution in [2.45, 2.75) is 51.2 Å². The van der Waals surface area contributed by atoms with Gasteiger partial charge in [0.15, 0.2) is 0 Å². The van der Waals surface area contributed by atoms with Crippen LogP contribution in [0.15, 0.2) is 35.1 Å². The van der Waals surface area contributed by atoms with Gasteiger partial charge in [0.1, 0.15) is 5.76 Å². The molecule has 0 spiro atoms. The Balaban J connectivity index is 1.45. The summed E-state index contributed by atoms with van der Waals surface area (Å²) in [7, 11) is 0. The lowest BCUT2D eigenvalue weighted by Crippen LogP contribution is -2.42. The van der Waals surface area contributed by atoms with Gasteiger partial charge in [-0.1, -0.05) is 5.16 Å². The van der Waals surface area contributed by atoms with Gasteiger partial charge in [0, 0.05) is 37.6 Å². The van der Waals surface area contributed by atoms with Crippen molar-refractivity contribution in [1.29, 1.82) is 0 Å². The molecule has 0 aromatic carbocycles. The lowest BCUT2D eigenvalue weighted by molar-refractivity contribution is -0.0614. The highest BCUT2D eigenvalue weighted by Crippen LogP contribution is 2.33. The first-order chi connectivity index (χ1) is 11.8. The van der Waals surface area contributed by atoms with Crippen LogP contribution in [0.2, 0.25) is 0 Å². The Labute approximate surface area is 141 Å². The zero-order valence-electron chi connectivity index (χ0n) is 13.9. The lowest BCUT2D eigenvalue weighted by Gasteiger charge is -2.30. The van der Waals surface area contributed by atoms with Crippen LogP contribution in [0, 0.1) is 6.92 Å². The monoisotopic (exact) mass is 329 g/mol. The zero-order valence-corrected chi connectivity index (χ0v) is 13.9. The molecule has 0 radical (unpaired) electrons. The SMILES string of the molecule is Cc1cc(CN2CCOC3CCC2C3OCc2ccncc2)no1. The Morgan fingerprint density at radius 2 is 2.17 bits per heavy atom. The number of aromatic nitrogens is 2. The average Bonchev–Trinajstić information content (AvgIpc) is 3.13. The van der Waals surface area contributed by atoms with E-state index in [4.69, 9.17) is 14.0 Å². The molecule has 1 saturated carbocycles. The van der Waals surface area contributed by atoms with Gasteiger partial charge in [-0.15, -0.1) is 0 Å². The van der Waals surface area contributed by atoms with Crippen LogP contribution in [0.1, 0.15) is 29.9 Å². The maximum absolute atomic E-state index is 6.27. The average molecular weight is 329 g/mol. The Bertz CT molecular complexity index is 661. The highest BCUT2D eigenvalue weighted by atomic mass is 16.5. The van der Waals surface area contributed by atoms with Gasteiger partial charge in [-0.25, -0.2) is 0 Å². The number of rotatable bonds is 5. The summed E-state index contributed by atoms with van der Waals surface area (Å²) in [5.74, 6) is 0.853. The van der Waals surface area contributed by atoms with Gasteiger partial charge in [0.2, 0.25) is 0 Å². The summed E-state index contributed by atoms with van der Waals surface area (Å²) in [6.45, 7) is 4.96. The van der Waals surface area contributed by atoms with Crippen molar-refractivity contribution in [3.8, 4) is 0 Å². The molecule has 1 saturated heterocycles. The van der Waals surface area contributed by atoms with Crippen LogP contribution in [-0.2, 0) is 22.6 Å². The number of nitrogens with zero attached hydrogens (tertiary/aromatic N) is 3. The molecule has 4 rings (SSSR count). The van der Waals surface area contributed by atoms with Gasteiger partial charge in [0.25, 0.3) is 0 Å². The van der Waals surface area contributed by atoms with E-state index in [0.29, 0.717) is 12.6 Å². The molecule has 24 heavy (non-hydrogen) atoms. The number of hydrogen-bond acceptors (Lipinski definition) is 6. The number of pyridine rings is 1. The third-order valence-corrected chi connectivity index (χ3v) is 4.91. The summed E-state index contributed by atoms with van der Waals surface area (Å²) in [5, 5.41) is 4.14. The van der Waals surface area contributed by atoms with E-state index in [1.54, 1.807) is 12.4 Å². The molecule has 3 heterocycles. The maximum atomic E-state index is 6.27. The standard InChI is InChI=1S/C18H23N3O3/c1-13-10-15(20-24-13)11-21-8-9-22-17-3-2-16(21)18(17)23-12-14-4-6-19-7-5-14/h4-7,10,16-18H,2-3,8-9,11-12H2,1H3. The highest BCUT2D eigenvalue weighted by Gasteiger charge is 2.43. The van der Waals surface area contributed by atoms with Crippen LogP contribution in [0.25, 0.3) is 0 Å². The Morgan fingerprint density at radius 1 is 1.29 bits per heavy atom. The maximum Gasteiger partial charge on any atom is 0.133 e. The fourth-order valence-corrected chi connectivity index (χ4v) is 3.75. The molecule has 2 aromatic rings. The first kappa shape index (κ1) is 15.7. The van der Waals surface area contributed by atoms with Crippen molar-refractivity contribution in [3.63, 3.8) is 0 Å². The molecule has 6 heteroatoms. The second-order valence-corrected chi connectivity index (χ2v) is 6.58. The van der Waals surface area contributed by atoms with Crippen LogP contribution < -0.4 is 0 Å². The topological polar surface area (TPSA) is 60.6 Å². The molecule has 2 aromatic heterocycles. The molecule has 3 unspecified atom stereocenters. The fourth-order valence-electron chi connectivity index (χ4n) is 3.75. The van der Waals surface area contributed by atoms with Gasteiger partial charge < -0.3 is 14.0 Å². The van der Waals surface area contributed by atoms with Crippen LogP contribution in [-0.4, -0.2) is 46.4 Å². The van der Waals surface area contributed by atoms with Crippen LogP contribution >= 0.6 is 0 Å². The number of fused-ring (bicyclic) bond motifs is 2. The van der Waals surface area contributed by atoms with Crippen molar-refractivity contribution >= 4 is 0 Å². The molecule has 0 N–H and O–H groups in total.